The lowest BCUT2D eigenvalue weighted by Crippen LogP contribution is -2.45. The molecule has 1 saturated heterocycles. The summed E-state index contributed by atoms with van der Waals surface area (Å²) in [7, 11) is 4.19. The molecular weight excluding hydrogens is 489 g/mol. The van der Waals surface area contributed by atoms with E-state index in [1.807, 2.05) is 6.07 Å². The van der Waals surface area contributed by atoms with Crippen molar-refractivity contribution in [2.45, 2.75) is 51.1 Å². The van der Waals surface area contributed by atoms with Gasteiger partial charge in [0.05, 0.1) is 12.6 Å². The van der Waals surface area contributed by atoms with Gasteiger partial charge in [-0.1, -0.05) is 43.2 Å². The van der Waals surface area contributed by atoms with Crippen LogP contribution in [0.1, 0.15) is 50.6 Å². The van der Waals surface area contributed by atoms with Crippen LogP contribution in [0.5, 0.6) is 0 Å². The van der Waals surface area contributed by atoms with Crippen LogP contribution in [0.3, 0.4) is 0 Å². The largest absolute Gasteiger partial charge is 0.357 e. The number of nitrogens with zero attached hydrogens (tertiary/aromatic N) is 3. The molecule has 0 aromatic heterocycles. The third-order valence-electron chi connectivity index (χ3n) is 6.12. The molecule has 6 nitrogen and oxygen atoms in total. The summed E-state index contributed by atoms with van der Waals surface area (Å²) in [5, 5.41) is 6.94. The average Bonchev–Trinajstić information content (AvgIpc) is 3.41. The van der Waals surface area contributed by atoms with E-state index in [1.165, 1.54) is 18.4 Å². The van der Waals surface area contributed by atoms with Crippen LogP contribution in [0, 0.1) is 5.92 Å². The molecule has 2 atom stereocenters. The van der Waals surface area contributed by atoms with Crippen molar-refractivity contribution in [1.82, 2.24) is 20.4 Å². The normalized spacial score (nSPS) is 20.9. The molecule has 1 aromatic carbocycles. The Labute approximate surface area is 198 Å². The van der Waals surface area contributed by atoms with Gasteiger partial charge in [-0.2, -0.15) is 0 Å². The smallest absolute Gasteiger partial charge is 0.225 e. The highest BCUT2D eigenvalue weighted by Crippen LogP contribution is 2.27. The number of hydrogen-bond acceptors (Lipinski definition) is 3. The molecule has 2 aliphatic rings. The van der Waals surface area contributed by atoms with Crippen molar-refractivity contribution in [2.75, 3.05) is 40.3 Å². The van der Waals surface area contributed by atoms with Crippen LogP contribution >= 0.6 is 24.0 Å². The maximum absolute atomic E-state index is 12.7. The minimum atomic E-state index is 0. The van der Waals surface area contributed by atoms with Crippen LogP contribution in [-0.4, -0.2) is 68.0 Å². The van der Waals surface area contributed by atoms with E-state index < -0.39 is 0 Å². The van der Waals surface area contributed by atoms with Gasteiger partial charge < -0.3 is 20.4 Å². The van der Waals surface area contributed by atoms with E-state index in [1.54, 1.807) is 0 Å². The van der Waals surface area contributed by atoms with Crippen LogP contribution < -0.4 is 10.6 Å². The first kappa shape index (κ1) is 24.9. The molecule has 1 aromatic rings. The predicted molar refractivity (Wildman–Crippen MR) is 134 cm³/mol. The van der Waals surface area contributed by atoms with Crippen LogP contribution in [0.25, 0.3) is 0 Å². The Morgan fingerprint density at radius 2 is 1.90 bits per heavy atom. The molecule has 1 saturated carbocycles. The maximum Gasteiger partial charge on any atom is 0.225 e. The number of halogens is 1. The lowest BCUT2D eigenvalue weighted by molar-refractivity contribution is -0.134. The van der Waals surface area contributed by atoms with E-state index in [-0.39, 0.29) is 42.0 Å². The molecule has 2 fully saturated rings. The molecule has 1 heterocycles. The molecule has 2 unspecified atom stereocenters. The number of guanidine groups is 1. The van der Waals surface area contributed by atoms with Crippen molar-refractivity contribution in [3.8, 4) is 0 Å². The molecule has 1 aliphatic carbocycles. The number of rotatable bonds is 7. The summed E-state index contributed by atoms with van der Waals surface area (Å²) in [4.78, 5) is 21.8. The number of carbonyl (C=O) groups excluding carboxylic acids is 1. The monoisotopic (exact) mass is 527 g/mol. The highest BCUT2D eigenvalue weighted by Gasteiger charge is 2.32. The number of benzene rings is 1. The highest BCUT2D eigenvalue weighted by atomic mass is 127. The molecule has 3 rings (SSSR count). The summed E-state index contributed by atoms with van der Waals surface area (Å²) in [6, 6.07) is 11.0. The zero-order chi connectivity index (χ0) is 20.6. The standard InChI is InChI=1S/C23H37N5O.HI/c1-4-24-23(25-16-21(27(2)3)18-10-6-5-7-11-18)26-20-14-15-28(17-20)22(29)19-12-8-9-13-19;/h5-7,10-11,19-21H,4,8-9,12-17H2,1-3H3,(H2,24,25,26);1H. The zero-order valence-corrected chi connectivity index (χ0v) is 21.0. The summed E-state index contributed by atoms with van der Waals surface area (Å²) in [5.41, 5.74) is 1.27. The second-order valence-electron chi connectivity index (χ2n) is 8.51. The van der Waals surface area contributed by atoms with E-state index in [4.69, 9.17) is 4.99 Å². The van der Waals surface area contributed by atoms with E-state index in [0.29, 0.717) is 12.5 Å². The number of amides is 1. The van der Waals surface area contributed by atoms with Gasteiger partial charge in [0, 0.05) is 31.6 Å². The fourth-order valence-corrected chi connectivity index (χ4v) is 4.44. The number of hydrogen-bond donors (Lipinski definition) is 2. The first-order valence-electron chi connectivity index (χ1n) is 11.1. The lowest BCUT2D eigenvalue weighted by Gasteiger charge is -2.24. The second-order valence-corrected chi connectivity index (χ2v) is 8.51. The summed E-state index contributed by atoms with van der Waals surface area (Å²) < 4.78 is 0. The number of nitrogens with one attached hydrogen (secondary N) is 2. The number of likely N-dealkylation sites (N-methyl/N-ethyl adjacent to an activating group) is 1. The average molecular weight is 527 g/mol. The Kier molecular flexibility index (Phi) is 10.4. The third kappa shape index (κ3) is 6.83. The van der Waals surface area contributed by atoms with Crippen molar-refractivity contribution < 1.29 is 4.79 Å². The quantitative estimate of drug-likeness (QED) is 0.325. The predicted octanol–water partition coefficient (Wildman–Crippen LogP) is 3.25. The van der Waals surface area contributed by atoms with E-state index in [2.05, 4.69) is 65.7 Å². The number of carbonyl (C=O) groups is 1. The fraction of sp³-hybridized carbons (Fsp3) is 0.652. The van der Waals surface area contributed by atoms with Gasteiger partial charge in [0.25, 0.3) is 0 Å². The molecule has 0 spiro atoms. The van der Waals surface area contributed by atoms with Gasteiger partial charge in [-0.05, 0) is 45.8 Å². The Hall–Kier alpha value is -1.35. The summed E-state index contributed by atoms with van der Waals surface area (Å²) in [5.74, 6) is 1.48. The van der Waals surface area contributed by atoms with Crippen LogP contribution in [0.15, 0.2) is 35.3 Å². The van der Waals surface area contributed by atoms with Gasteiger partial charge in [-0.3, -0.25) is 9.79 Å². The van der Waals surface area contributed by atoms with E-state index >= 15 is 0 Å². The Balaban J connectivity index is 0.00000320. The maximum atomic E-state index is 12.7. The number of aliphatic imine (C=N–C) groups is 1. The molecule has 2 N–H and O–H groups in total. The van der Waals surface area contributed by atoms with Gasteiger partial charge in [-0.15, -0.1) is 24.0 Å². The van der Waals surface area contributed by atoms with Crippen molar-refractivity contribution in [3.63, 3.8) is 0 Å². The van der Waals surface area contributed by atoms with Crippen molar-refractivity contribution in [1.29, 1.82) is 0 Å². The minimum Gasteiger partial charge on any atom is -0.357 e. The van der Waals surface area contributed by atoms with Crippen LogP contribution in [0.4, 0.5) is 0 Å². The topological polar surface area (TPSA) is 60.0 Å². The first-order chi connectivity index (χ1) is 14.1. The van der Waals surface area contributed by atoms with Crippen molar-refractivity contribution in [2.24, 2.45) is 10.9 Å². The van der Waals surface area contributed by atoms with Crippen LogP contribution in [-0.2, 0) is 4.79 Å². The summed E-state index contributed by atoms with van der Waals surface area (Å²) >= 11 is 0. The molecule has 0 radical (unpaired) electrons. The fourth-order valence-electron chi connectivity index (χ4n) is 4.44. The Bertz CT molecular complexity index is 675. The van der Waals surface area contributed by atoms with E-state index in [0.717, 1.165) is 44.9 Å². The van der Waals surface area contributed by atoms with Gasteiger partial charge in [0.2, 0.25) is 5.91 Å². The summed E-state index contributed by atoms with van der Waals surface area (Å²) in [6.45, 7) is 5.24. The van der Waals surface area contributed by atoms with Crippen molar-refractivity contribution in [3.05, 3.63) is 35.9 Å². The molecule has 0 bridgehead atoms. The Morgan fingerprint density at radius 3 is 2.53 bits per heavy atom. The highest BCUT2D eigenvalue weighted by molar-refractivity contribution is 14.0. The first-order valence-corrected chi connectivity index (χ1v) is 11.1. The molecule has 168 valence electrons. The van der Waals surface area contributed by atoms with E-state index in [9.17, 15) is 4.79 Å². The lowest BCUT2D eigenvalue weighted by atomic mass is 10.1. The number of likely N-dealkylation sites (tertiary alicyclic amines) is 1. The third-order valence-corrected chi connectivity index (χ3v) is 6.12. The SMILES string of the molecule is CCNC(=NCC(c1ccccc1)N(C)C)NC1CCN(C(=O)C2CCCC2)C1.I. The minimum absolute atomic E-state index is 0. The zero-order valence-electron chi connectivity index (χ0n) is 18.6. The molecule has 1 aliphatic heterocycles. The van der Waals surface area contributed by atoms with Gasteiger partial charge in [0.15, 0.2) is 5.96 Å². The van der Waals surface area contributed by atoms with Crippen molar-refractivity contribution >= 4 is 35.8 Å². The molecule has 1 amide bonds. The molecular formula is C23H38IN5O. The van der Waals surface area contributed by atoms with Crippen LogP contribution in [0.2, 0.25) is 0 Å². The van der Waals surface area contributed by atoms with Gasteiger partial charge >= 0.3 is 0 Å². The summed E-state index contributed by atoms with van der Waals surface area (Å²) in [6.07, 6.45) is 5.54. The van der Waals surface area contributed by atoms with Gasteiger partial charge in [-0.25, -0.2) is 0 Å². The molecule has 7 heteroatoms. The second kappa shape index (κ2) is 12.5. The molecule has 30 heavy (non-hydrogen) atoms. The Morgan fingerprint density at radius 1 is 1.20 bits per heavy atom. The van der Waals surface area contributed by atoms with Gasteiger partial charge in [0.1, 0.15) is 0 Å².